The van der Waals surface area contributed by atoms with Crippen LogP contribution in [0.2, 0.25) is 0 Å². The summed E-state index contributed by atoms with van der Waals surface area (Å²) in [6, 6.07) is 10.3. The molecule has 0 amide bonds. The zero-order valence-corrected chi connectivity index (χ0v) is 13.6. The van der Waals surface area contributed by atoms with E-state index in [1.807, 2.05) is 18.3 Å². The number of hydrogen-bond acceptors (Lipinski definition) is 2. The van der Waals surface area contributed by atoms with Gasteiger partial charge in [0.15, 0.2) is 0 Å². The molecule has 0 saturated carbocycles. The number of aryl methyl sites for hydroxylation is 2. The summed E-state index contributed by atoms with van der Waals surface area (Å²) in [5.74, 6) is 0.102. The number of rotatable bonds is 6. The molecule has 0 radical (unpaired) electrons. The Hall–Kier alpha value is -1.59. The van der Waals surface area contributed by atoms with Crippen molar-refractivity contribution < 1.29 is 8.42 Å². The Morgan fingerprint density at radius 3 is 2.67 bits per heavy atom. The molecule has 5 heteroatoms. The second kappa shape index (κ2) is 6.45. The highest BCUT2D eigenvalue weighted by atomic mass is 32.2. The molecule has 0 aliphatic carbocycles. The Balaban J connectivity index is 2.15. The van der Waals surface area contributed by atoms with Gasteiger partial charge in [0, 0.05) is 18.4 Å². The quantitative estimate of drug-likeness (QED) is 0.892. The van der Waals surface area contributed by atoms with Gasteiger partial charge in [-0.15, -0.1) is 0 Å². The molecule has 0 fully saturated rings. The van der Waals surface area contributed by atoms with E-state index >= 15 is 0 Å². The highest BCUT2D eigenvalue weighted by Crippen LogP contribution is 2.14. The standard InChI is InChI=1S/C16H22N2O2S/c1-4-21(19,20)17-11-16-6-5-9-18(16)12-15-10-13(2)7-8-14(15)3/h5-10,17H,4,11-12H2,1-3H3. The van der Waals surface area contributed by atoms with E-state index in [-0.39, 0.29) is 5.75 Å². The summed E-state index contributed by atoms with van der Waals surface area (Å²) >= 11 is 0. The van der Waals surface area contributed by atoms with E-state index in [9.17, 15) is 8.42 Å². The second-order valence-corrected chi connectivity index (χ2v) is 7.38. The maximum atomic E-state index is 11.5. The van der Waals surface area contributed by atoms with Crippen molar-refractivity contribution in [3.05, 3.63) is 58.9 Å². The Kier molecular flexibility index (Phi) is 4.85. The first-order chi connectivity index (χ1) is 9.91. The van der Waals surface area contributed by atoms with Gasteiger partial charge in [-0.05, 0) is 44.0 Å². The summed E-state index contributed by atoms with van der Waals surface area (Å²) in [4.78, 5) is 0. The van der Waals surface area contributed by atoms with Crippen LogP contribution >= 0.6 is 0 Å². The van der Waals surface area contributed by atoms with E-state index in [1.54, 1.807) is 6.92 Å². The van der Waals surface area contributed by atoms with Gasteiger partial charge in [-0.2, -0.15) is 0 Å². The highest BCUT2D eigenvalue weighted by Gasteiger charge is 2.09. The molecule has 1 aromatic carbocycles. The number of hydrogen-bond donors (Lipinski definition) is 1. The van der Waals surface area contributed by atoms with E-state index in [2.05, 4.69) is 41.3 Å². The molecular formula is C16H22N2O2S. The van der Waals surface area contributed by atoms with Crippen LogP contribution in [0.5, 0.6) is 0 Å². The van der Waals surface area contributed by atoms with Gasteiger partial charge in [0.05, 0.1) is 12.3 Å². The molecule has 0 aliphatic heterocycles. The fourth-order valence-corrected chi connectivity index (χ4v) is 2.78. The van der Waals surface area contributed by atoms with Crippen LogP contribution in [-0.4, -0.2) is 18.7 Å². The fraction of sp³-hybridized carbons (Fsp3) is 0.375. The number of sulfonamides is 1. The van der Waals surface area contributed by atoms with E-state index in [0.717, 1.165) is 12.2 Å². The molecule has 114 valence electrons. The molecular weight excluding hydrogens is 284 g/mol. The summed E-state index contributed by atoms with van der Waals surface area (Å²) in [7, 11) is -3.16. The zero-order valence-electron chi connectivity index (χ0n) is 12.8. The van der Waals surface area contributed by atoms with E-state index < -0.39 is 10.0 Å². The minimum atomic E-state index is -3.16. The maximum absolute atomic E-state index is 11.5. The number of benzene rings is 1. The molecule has 2 aromatic rings. The molecule has 1 aromatic heterocycles. The lowest BCUT2D eigenvalue weighted by atomic mass is 10.1. The van der Waals surface area contributed by atoms with Crippen molar-refractivity contribution in [3.8, 4) is 0 Å². The monoisotopic (exact) mass is 306 g/mol. The van der Waals surface area contributed by atoms with Crippen molar-refractivity contribution in [3.63, 3.8) is 0 Å². The molecule has 0 unspecified atom stereocenters. The zero-order chi connectivity index (χ0) is 15.5. The predicted molar refractivity (Wildman–Crippen MR) is 85.8 cm³/mol. The molecule has 0 bridgehead atoms. The van der Waals surface area contributed by atoms with Crippen molar-refractivity contribution in [2.45, 2.75) is 33.9 Å². The van der Waals surface area contributed by atoms with Crippen LogP contribution in [0.25, 0.3) is 0 Å². The Morgan fingerprint density at radius 2 is 1.95 bits per heavy atom. The molecule has 21 heavy (non-hydrogen) atoms. The van der Waals surface area contributed by atoms with E-state index in [4.69, 9.17) is 0 Å². The van der Waals surface area contributed by atoms with Crippen LogP contribution in [-0.2, 0) is 23.1 Å². The lowest BCUT2D eigenvalue weighted by molar-refractivity contribution is 0.579. The van der Waals surface area contributed by atoms with Crippen LogP contribution in [0.3, 0.4) is 0 Å². The molecule has 2 rings (SSSR count). The SMILES string of the molecule is CCS(=O)(=O)NCc1cccn1Cc1cc(C)ccc1C. The first-order valence-corrected chi connectivity index (χ1v) is 8.74. The second-order valence-electron chi connectivity index (χ2n) is 5.28. The minimum absolute atomic E-state index is 0.102. The Labute approximate surface area is 126 Å². The fourth-order valence-electron chi connectivity index (χ4n) is 2.20. The molecule has 0 saturated heterocycles. The minimum Gasteiger partial charge on any atom is -0.346 e. The van der Waals surface area contributed by atoms with Gasteiger partial charge < -0.3 is 4.57 Å². The van der Waals surface area contributed by atoms with Crippen molar-refractivity contribution in [1.29, 1.82) is 0 Å². The van der Waals surface area contributed by atoms with Gasteiger partial charge in [-0.1, -0.05) is 23.8 Å². The first kappa shape index (κ1) is 15.8. The van der Waals surface area contributed by atoms with Gasteiger partial charge in [0.25, 0.3) is 0 Å². The van der Waals surface area contributed by atoms with Gasteiger partial charge in [-0.3, -0.25) is 0 Å². The molecule has 0 atom stereocenters. The highest BCUT2D eigenvalue weighted by molar-refractivity contribution is 7.89. The smallest absolute Gasteiger partial charge is 0.211 e. The van der Waals surface area contributed by atoms with Crippen molar-refractivity contribution in [2.24, 2.45) is 0 Å². The van der Waals surface area contributed by atoms with Crippen LogP contribution in [0.4, 0.5) is 0 Å². The molecule has 4 nitrogen and oxygen atoms in total. The summed E-state index contributed by atoms with van der Waals surface area (Å²) in [6.45, 7) is 6.89. The largest absolute Gasteiger partial charge is 0.346 e. The predicted octanol–water partition coefficient (Wildman–Crippen LogP) is 2.59. The average molecular weight is 306 g/mol. The van der Waals surface area contributed by atoms with Gasteiger partial charge in [-0.25, -0.2) is 13.1 Å². The normalized spacial score (nSPS) is 11.8. The van der Waals surface area contributed by atoms with E-state index in [0.29, 0.717) is 6.54 Å². The average Bonchev–Trinajstić information content (AvgIpc) is 2.88. The third-order valence-electron chi connectivity index (χ3n) is 3.62. The van der Waals surface area contributed by atoms with Crippen LogP contribution in [0, 0.1) is 13.8 Å². The molecule has 1 heterocycles. The lowest BCUT2D eigenvalue weighted by Crippen LogP contribution is -2.26. The summed E-state index contributed by atoms with van der Waals surface area (Å²) in [6.07, 6.45) is 1.98. The van der Waals surface area contributed by atoms with Crippen LogP contribution < -0.4 is 4.72 Å². The van der Waals surface area contributed by atoms with Crippen LogP contribution in [0.15, 0.2) is 36.5 Å². The number of aromatic nitrogens is 1. The topological polar surface area (TPSA) is 51.1 Å². The Bertz CT molecular complexity index is 718. The molecule has 1 N–H and O–H groups in total. The number of nitrogens with zero attached hydrogens (tertiary/aromatic N) is 1. The Morgan fingerprint density at radius 1 is 1.19 bits per heavy atom. The van der Waals surface area contributed by atoms with Crippen molar-refractivity contribution in [1.82, 2.24) is 9.29 Å². The van der Waals surface area contributed by atoms with Gasteiger partial charge in [0.2, 0.25) is 10.0 Å². The molecule has 0 aliphatic rings. The molecule has 0 spiro atoms. The third kappa shape index (κ3) is 4.19. The summed E-state index contributed by atoms with van der Waals surface area (Å²) < 4.78 is 27.8. The summed E-state index contributed by atoms with van der Waals surface area (Å²) in [5, 5.41) is 0. The van der Waals surface area contributed by atoms with Crippen molar-refractivity contribution in [2.75, 3.05) is 5.75 Å². The number of nitrogens with one attached hydrogen (secondary N) is 1. The van der Waals surface area contributed by atoms with Gasteiger partial charge >= 0.3 is 0 Å². The lowest BCUT2D eigenvalue weighted by Gasteiger charge is -2.13. The van der Waals surface area contributed by atoms with Crippen molar-refractivity contribution >= 4 is 10.0 Å². The van der Waals surface area contributed by atoms with Gasteiger partial charge in [0.1, 0.15) is 0 Å². The maximum Gasteiger partial charge on any atom is 0.211 e. The summed E-state index contributed by atoms with van der Waals surface area (Å²) in [5.41, 5.74) is 4.70. The van der Waals surface area contributed by atoms with E-state index in [1.165, 1.54) is 16.7 Å². The first-order valence-electron chi connectivity index (χ1n) is 7.09. The van der Waals surface area contributed by atoms with Crippen LogP contribution in [0.1, 0.15) is 29.3 Å². The third-order valence-corrected chi connectivity index (χ3v) is 4.97.